The first kappa shape index (κ1) is 11.5. The largest absolute Gasteiger partial charge is 0.481 e. The van der Waals surface area contributed by atoms with Gasteiger partial charge in [-0.1, -0.05) is 0 Å². The van der Waals surface area contributed by atoms with Crippen LogP contribution in [0.4, 0.5) is 0 Å². The van der Waals surface area contributed by atoms with E-state index in [0.717, 1.165) is 12.8 Å². The Kier molecular flexibility index (Phi) is 1.96. The van der Waals surface area contributed by atoms with Crippen molar-refractivity contribution in [1.82, 2.24) is 0 Å². The molecular formula is C12H19BO4. The molecule has 0 amide bonds. The van der Waals surface area contributed by atoms with Gasteiger partial charge in [-0.15, -0.1) is 0 Å². The Labute approximate surface area is 102 Å². The molecule has 2 bridgehead atoms. The second-order valence-electron chi connectivity index (χ2n) is 6.78. The average molecular weight is 238 g/mol. The maximum Gasteiger partial charge on any atom is 0.462 e. The van der Waals surface area contributed by atoms with E-state index in [0.29, 0.717) is 5.92 Å². The lowest BCUT2D eigenvalue weighted by atomic mass is 9.28. The molecule has 0 aromatic heterocycles. The highest BCUT2D eigenvalue weighted by Crippen LogP contribution is 2.74. The zero-order chi connectivity index (χ0) is 12.6. The van der Waals surface area contributed by atoms with Gasteiger partial charge in [0.2, 0.25) is 0 Å². The van der Waals surface area contributed by atoms with E-state index in [2.05, 4.69) is 0 Å². The van der Waals surface area contributed by atoms with E-state index in [1.807, 2.05) is 27.7 Å². The van der Waals surface area contributed by atoms with Gasteiger partial charge in [-0.3, -0.25) is 4.79 Å². The van der Waals surface area contributed by atoms with E-state index in [4.69, 9.17) is 9.31 Å². The van der Waals surface area contributed by atoms with Gasteiger partial charge in [-0.2, -0.15) is 0 Å². The zero-order valence-corrected chi connectivity index (χ0v) is 10.8. The van der Waals surface area contributed by atoms with Crippen LogP contribution in [0.15, 0.2) is 0 Å². The SMILES string of the molecule is CC1(C)OB(C2C3CC2(C(=O)O)C3)OC1(C)C. The van der Waals surface area contributed by atoms with Gasteiger partial charge in [0.1, 0.15) is 0 Å². The van der Waals surface area contributed by atoms with Crippen molar-refractivity contribution in [3.63, 3.8) is 0 Å². The lowest BCUT2D eigenvalue weighted by molar-refractivity contribution is -0.187. The number of carboxylic acid groups (broad SMARTS) is 1. The number of aliphatic carboxylic acids is 1. The molecule has 1 unspecified atom stereocenters. The van der Waals surface area contributed by atoms with Crippen LogP contribution in [0.2, 0.25) is 5.82 Å². The van der Waals surface area contributed by atoms with Crippen LogP contribution in [0.5, 0.6) is 0 Å². The number of hydrogen-bond acceptors (Lipinski definition) is 3. The van der Waals surface area contributed by atoms with Crippen LogP contribution < -0.4 is 0 Å². The van der Waals surface area contributed by atoms with Crippen LogP contribution in [0.3, 0.4) is 0 Å². The summed E-state index contributed by atoms with van der Waals surface area (Å²) in [7, 11) is -0.344. The first-order valence-electron chi connectivity index (χ1n) is 6.29. The smallest absolute Gasteiger partial charge is 0.462 e. The summed E-state index contributed by atoms with van der Waals surface area (Å²) < 4.78 is 11.9. The van der Waals surface area contributed by atoms with Gasteiger partial charge in [0.25, 0.3) is 0 Å². The monoisotopic (exact) mass is 238 g/mol. The van der Waals surface area contributed by atoms with Gasteiger partial charge in [0, 0.05) is 5.82 Å². The van der Waals surface area contributed by atoms with Crippen LogP contribution in [-0.2, 0) is 14.1 Å². The number of rotatable bonds is 2. The van der Waals surface area contributed by atoms with E-state index in [1.54, 1.807) is 0 Å². The van der Waals surface area contributed by atoms with Crippen molar-refractivity contribution in [2.45, 2.75) is 57.6 Å². The summed E-state index contributed by atoms with van der Waals surface area (Å²) in [6, 6.07) is 0. The molecule has 1 heterocycles. The summed E-state index contributed by atoms with van der Waals surface area (Å²) in [6.07, 6.45) is 1.61. The van der Waals surface area contributed by atoms with Crippen LogP contribution in [0, 0.1) is 11.3 Å². The molecule has 1 N–H and O–H groups in total. The second-order valence-corrected chi connectivity index (χ2v) is 6.78. The Morgan fingerprint density at radius 1 is 1.18 bits per heavy atom. The number of carboxylic acids is 1. The molecule has 4 aliphatic rings. The van der Waals surface area contributed by atoms with Gasteiger partial charge >= 0.3 is 13.1 Å². The topological polar surface area (TPSA) is 55.8 Å². The van der Waals surface area contributed by atoms with Crippen molar-refractivity contribution in [3.8, 4) is 0 Å². The molecule has 3 aliphatic carbocycles. The predicted molar refractivity (Wildman–Crippen MR) is 62.6 cm³/mol. The minimum atomic E-state index is -0.681. The molecule has 17 heavy (non-hydrogen) atoms. The number of carbonyl (C=O) groups is 1. The molecule has 1 atom stereocenters. The Balaban J connectivity index is 1.79. The highest BCUT2D eigenvalue weighted by Gasteiger charge is 2.76. The average Bonchev–Trinajstić information content (AvgIpc) is 2.11. The molecule has 0 aromatic rings. The highest BCUT2D eigenvalue weighted by molar-refractivity contribution is 6.49. The fourth-order valence-corrected chi connectivity index (χ4v) is 3.37. The first-order chi connectivity index (χ1) is 7.70. The summed E-state index contributed by atoms with van der Waals surface area (Å²) in [5, 5.41) is 9.31. The predicted octanol–water partition coefficient (Wildman–Crippen LogP) is 1.94. The number of hydrogen-bond donors (Lipinski definition) is 1. The minimum absolute atomic E-state index is 0.0565. The van der Waals surface area contributed by atoms with Crippen molar-refractivity contribution in [2.75, 3.05) is 0 Å². The van der Waals surface area contributed by atoms with Crippen molar-refractivity contribution >= 4 is 13.1 Å². The third-order valence-electron chi connectivity index (χ3n) is 5.39. The van der Waals surface area contributed by atoms with Gasteiger partial charge in [-0.25, -0.2) is 0 Å². The third-order valence-corrected chi connectivity index (χ3v) is 5.39. The molecule has 4 rings (SSSR count). The Bertz CT molecular complexity index is 368. The summed E-state index contributed by atoms with van der Waals surface area (Å²) in [5.41, 5.74) is -1.27. The van der Waals surface area contributed by atoms with E-state index in [9.17, 15) is 9.90 Å². The fraction of sp³-hybridized carbons (Fsp3) is 0.917. The standard InChI is InChI=1S/C12H19BO4/c1-10(2)11(3,4)17-13(16-10)8-7-5-12(8,6-7)9(14)15/h7-8H,5-6H2,1-4H3,(H,14,15). The Hall–Kier alpha value is -0.545. The fourth-order valence-electron chi connectivity index (χ4n) is 3.37. The van der Waals surface area contributed by atoms with Crippen LogP contribution >= 0.6 is 0 Å². The molecule has 0 spiro atoms. The summed E-state index contributed by atoms with van der Waals surface area (Å²) in [6.45, 7) is 8.02. The molecule has 5 heteroatoms. The van der Waals surface area contributed by atoms with Gasteiger partial charge in [-0.05, 0) is 46.5 Å². The van der Waals surface area contributed by atoms with Crippen molar-refractivity contribution in [3.05, 3.63) is 0 Å². The zero-order valence-electron chi connectivity index (χ0n) is 10.8. The first-order valence-corrected chi connectivity index (χ1v) is 6.29. The van der Waals surface area contributed by atoms with Crippen molar-refractivity contribution < 1.29 is 19.2 Å². The summed E-state index contributed by atoms with van der Waals surface area (Å²) >= 11 is 0. The molecule has 3 saturated carbocycles. The quantitative estimate of drug-likeness (QED) is 0.747. The second kappa shape index (κ2) is 2.89. The highest BCUT2D eigenvalue weighted by atomic mass is 16.7. The molecule has 94 valence electrons. The lowest BCUT2D eigenvalue weighted by Gasteiger charge is -2.65. The maximum absolute atomic E-state index is 11.3. The van der Waals surface area contributed by atoms with E-state index >= 15 is 0 Å². The normalized spacial score (nSPS) is 45.1. The van der Waals surface area contributed by atoms with Crippen molar-refractivity contribution in [2.24, 2.45) is 11.3 Å². The van der Waals surface area contributed by atoms with E-state index in [1.165, 1.54) is 0 Å². The van der Waals surface area contributed by atoms with Crippen LogP contribution in [-0.4, -0.2) is 29.4 Å². The summed E-state index contributed by atoms with van der Waals surface area (Å²) in [5.74, 6) is -0.137. The maximum atomic E-state index is 11.3. The molecule has 4 nitrogen and oxygen atoms in total. The molecule has 0 radical (unpaired) electrons. The van der Waals surface area contributed by atoms with Gasteiger partial charge in [0.15, 0.2) is 0 Å². The Morgan fingerprint density at radius 2 is 1.65 bits per heavy atom. The molecule has 4 fully saturated rings. The molecule has 0 aromatic carbocycles. The summed E-state index contributed by atoms with van der Waals surface area (Å²) in [4.78, 5) is 11.3. The minimum Gasteiger partial charge on any atom is -0.481 e. The van der Waals surface area contributed by atoms with Gasteiger partial charge < -0.3 is 14.4 Å². The lowest BCUT2D eigenvalue weighted by Crippen LogP contribution is -2.66. The van der Waals surface area contributed by atoms with Crippen LogP contribution in [0.1, 0.15) is 40.5 Å². The molecular weight excluding hydrogens is 219 g/mol. The third kappa shape index (κ3) is 1.19. The van der Waals surface area contributed by atoms with E-state index in [-0.39, 0.29) is 24.1 Å². The van der Waals surface area contributed by atoms with Crippen molar-refractivity contribution in [1.29, 1.82) is 0 Å². The molecule has 1 saturated heterocycles. The van der Waals surface area contributed by atoms with Crippen LogP contribution in [0.25, 0.3) is 0 Å². The molecule has 1 aliphatic heterocycles. The Morgan fingerprint density at radius 3 is 1.94 bits per heavy atom. The van der Waals surface area contributed by atoms with Gasteiger partial charge in [0.05, 0.1) is 16.6 Å². The van der Waals surface area contributed by atoms with E-state index < -0.39 is 11.4 Å².